The van der Waals surface area contributed by atoms with Crippen LogP contribution < -0.4 is 5.32 Å². The number of carbonyl (C=O) groups is 1. The predicted octanol–water partition coefficient (Wildman–Crippen LogP) is 3.01. The highest BCUT2D eigenvalue weighted by Gasteiger charge is 2.15. The SMILES string of the molecule is CCCCC(CC)C(=O)NCc1cccc(CO)c1. The zero-order valence-corrected chi connectivity index (χ0v) is 12.0. The number of nitrogens with one attached hydrogen (secondary N) is 1. The third-order valence-electron chi connectivity index (χ3n) is 3.41. The first-order valence-electron chi connectivity index (χ1n) is 7.17. The van der Waals surface area contributed by atoms with Crippen molar-refractivity contribution in [1.82, 2.24) is 5.32 Å². The zero-order valence-electron chi connectivity index (χ0n) is 12.0. The van der Waals surface area contributed by atoms with Gasteiger partial charge in [0.15, 0.2) is 0 Å². The van der Waals surface area contributed by atoms with Crippen molar-refractivity contribution in [3.63, 3.8) is 0 Å². The first kappa shape index (κ1) is 15.7. The van der Waals surface area contributed by atoms with E-state index in [9.17, 15) is 4.79 Å². The molecule has 0 fully saturated rings. The van der Waals surface area contributed by atoms with Crippen molar-refractivity contribution < 1.29 is 9.90 Å². The van der Waals surface area contributed by atoms with Gasteiger partial charge in [0.05, 0.1) is 6.61 Å². The lowest BCUT2D eigenvalue weighted by molar-refractivity contribution is -0.125. The number of benzene rings is 1. The molecule has 0 aliphatic rings. The number of unbranched alkanes of at least 4 members (excludes halogenated alkanes) is 1. The quantitative estimate of drug-likeness (QED) is 0.757. The van der Waals surface area contributed by atoms with Gasteiger partial charge in [0.2, 0.25) is 5.91 Å². The summed E-state index contributed by atoms with van der Waals surface area (Å²) in [7, 11) is 0. The van der Waals surface area contributed by atoms with E-state index in [1.807, 2.05) is 24.3 Å². The van der Waals surface area contributed by atoms with E-state index in [-0.39, 0.29) is 18.4 Å². The summed E-state index contributed by atoms with van der Waals surface area (Å²) in [6.45, 7) is 4.78. The number of rotatable bonds is 8. The Morgan fingerprint density at radius 1 is 1.32 bits per heavy atom. The summed E-state index contributed by atoms with van der Waals surface area (Å²) in [5.74, 6) is 0.270. The molecular weight excluding hydrogens is 238 g/mol. The van der Waals surface area contributed by atoms with Crippen LogP contribution in [0.25, 0.3) is 0 Å². The molecule has 1 aromatic rings. The highest BCUT2D eigenvalue weighted by molar-refractivity contribution is 5.78. The molecule has 106 valence electrons. The molecule has 2 N–H and O–H groups in total. The molecular formula is C16H25NO2. The molecule has 19 heavy (non-hydrogen) atoms. The topological polar surface area (TPSA) is 49.3 Å². The Morgan fingerprint density at radius 2 is 2.05 bits per heavy atom. The molecule has 1 atom stereocenters. The van der Waals surface area contributed by atoms with Crippen molar-refractivity contribution in [2.75, 3.05) is 0 Å². The van der Waals surface area contributed by atoms with E-state index >= 15 is 0 Å². The van der Waals surface area contributed by atoms with E-state index in [0.717, 1.165) is 36.8 Å². The van der Waals surface area contributed by atoms with Gasteiger partial charge in [0.25, 0.3) is 0 Å². The van der Waals surface area contributed by atoms with Crippen LogP contribution in [0.1, 0.15) is 50.7 Å². The smallest absolute Gasteiger partial charge is 0.223 e. The number of hydrogen-bond donors (Lipinski definition) is 2. The fourth-order valence-electron chi connectivity index (χ4n) is 2.14. The van der Waals surface area contributed by atoms with Crippen LogP contribution in [0.5, 0.6) is 0 Å². The van der Waals surface area contributed by atoms with Crippen molar-refractivity contribution in [2.24, 2.45) is 5.92 Å². The summed E-state index contributed by atoms with van der Waals surface area (Å²) in [5.41, 5.74) is 1.91. The number of aliphatic hydroxyl groups excluding tert-OH is 1. The molecule has 0 radical (unpaired) electrons. The minimum Gasteiger partial charge on any atom is -0.392 e. The van der Waals surface area contributed by atoms with Crippen LogP contribution in [0.15, 0.2) is 24.3 Å². The van der Waals surface area contributed by atoms with Crippen molar-refractivity contribution in [3.05, 3.63) is 35.4 Å². The Kier molecular flexibility index (Phi) is 7.19. The van der Waals surface area contributed by atoms with E-state index in [2.05, 4.69) is 19.2 Å². The van der Waals surface area contributed by atoms with Crippen molar-refractivity contribution in [1.29, 1.82) is 0 Å². The largest absolute Gasteiger partial charge is 0.392 e. The van der Waals surface area contributed by atoms with Gasteiger partial charge in [-0.15, -0.1) is 0 Å². The van der Waals surface area contributed by atoms with Gasteiger partial charge in [-0.3, -0.25) is 4.79 Å². The summed E-state index contributed by atoms with van der Waals surface area (Å²) in [5, 5.41) is 12.1. The predicted molar refractivity (Wildman–Crippen MR) is 77.5 cm³/mol. The monoisotopic (exact) mass is 263 g/mol. The fraction of sp³-hybridized carbons (Fsp3) is 0.562. The summed E-state index contributed by atoms with van der Waals surface area (Å²) in [6.07, 6.45) is 4.09. The second-order valence-electron chi connectivity index (χ2n) is 4.94. The molecule has 1 rings (SSSR count). The lowest BCUT2D eigenvalue weighted by Gasteiger charge is -2.14. The Balaban J connectivity index is 2.47. The Bertz CT molecular complexity index is 390. The molecule has 0 saturated carbocycles. The van der Waals surface area contributed by atoms with E-state index in [1.54, 1.807) is 0 Å². The molecule has 1 unspecified atom stereocenters. The normalized spacial score (nSPS) is 12.2. The number of hydrogen-bond acceptors (Lipinski definition) is 2. The maximum atomic E-state index is 12.0. The van der Waals surface area contributed by atoms with Gasteiger partial charge in [-0.2, -0.15) is 0 Å². The van der Waals surface area contributed by atoms with E-state index in [0.29, 0.717) is 6.54 Å². The Hall–Kier alpha value is -1.35. The van der Waals surface area contributed by atoms with Gasteiger partial charge in [-0.25, -0.2) is 0 Å². The molecule has 0 aliphatic carbocycles. The first-order chi connectivity index (χ1) is 9.21. The lowest BCUT2D eigenvalue weighted by Crippen LogP contribution is -2.30. The van der Waals surface area contributed by atoms with Gasteiger partial charge in [-0.05, 0) is 24.0 Å². The molecule has 0 spiro atoms. The van der Waals surface area contributed by atoms with Crippen LogP contribution in [0.4, 0.5) is 0 Å². The maximum absolute atomic E-state index is 12.0. The van der Waals surface area contributed by atoms with Crippen molar-refractivity contribution in [3.8, 4) is 0 Å². The summed E-state index contributed by atoms with van der Waals surface area (Å²) in [4.78, 5) is 12.0. The molecule has 1 aromatic carbocycles. The highest BCUT2D eigenvalue weighted by atomic mass is 16.3. The molecule has 1 amide bonds. The van der Waals surface area contributed by atoms with Gasteiger partial charge in [0.1, 0.15) is 0 Å². The first-order valence-corrected chi connectivity index (χ1v) is 7.17. The standard InChI is InChI=1S/C16H25NO2/c1-3-5-9-15(4-2)16(19)17-11-13-7-6-8-14(10-13)12-18/h6-8,10,15,18H,3-5,9,11-12H2,1-2H3,(H,17,19). The second-order valence-corrected chi connectivity index (χ2v) is 4.94. The number of carbonyl (C=O) groups excluding carboxylic acids is 1. The molecule has 0 bridgehead atoms. The Morgan fingerprint density at radius 3 is 2.68 bits per heavy atom. The average Bonchev–Trinajstić information content (AvgIpc) is 2.46. The summed E-state index contributed by atoms with van der Waals surface area (Å²) in [6, 6.07) is 7.67. The van der Waals surface area contributed by atoms with Crippen LogP contribution in [0.3, 0.4) is 0 Å². The van der Waals surface area contributed by atoms with Gasteiger partial charge in [0, 0.05) is 12.5 Å². The van der Waals surface area contributed by atoms with Crippen molar-refractivity contribution >= 4 is 5.91 Å². The summed E-state index contributed by atoms with van der Waals surface area (Å²) < 4.78 is 0. The molecule has 0 aromatic heterocycles. The minimum absolute atomic E-state index is 0.0376. The van der Waals surface area contributed by atoms with Crippen LogP contribution in [0.2, 0.25) is 0 Å². The maximum Gasteiger partial charge on any atom is 0.223 e. The molecule has 3 heteroatoms. The molecule has 0 saturated heterocycles. The number of aliphatic hydroxyl groups is 1. The third kappa shape index (κ3) is 5.43. The van der Waals surface area contributed by atoms with E-state index < -0.39 is 0 Å². The lowest BCUT2D eigenvalue weighted by atomic mass is 9.98. The van der Waals surface area contributed by atoms with Crippen LogP contribution >= 0.6 is 0 Å². The number of amides is 1. The average molecular weight is 263 g/mol. The van der Waals surface area contributed by atoms with Gasteiger partial charge in [-0.1, -0.05) is 51.0 Å². The van der Waals surface area contributed by atoms with Crippen LogP contribution in [0, 0.1) is 5.92 Å². The van der Waals surface area contributed by atoms with Crippen LogP contribution in [-0.2, 0) is 17.9 Å². The van der Waals surface area contributed by atoms with E-state index in [1.165, 1.54) is 0 Å². The Labute approximate surface area is 116 Å². The zero-order chi connectivity index (χ0) is 14.1. The highest BCUT2D eigenvalue weighted by Crippen LogP contribution is 2.13. The summed E-state index contributed by atoms with van der Waals surface area (Å²) >= 11 is 0. The minimum atomic E-state index is 0.0376. The van der Waals surface area contributed by atoms with Crippen molar-refractivity contribution in [2.45, 2.75) is 52.7 Å². The van der Waals surface area contributed by atoms with Gasteiger partial charge >= 0.3 is 0 Å². The molecule has 0 heterocycles. The van der Waals surface area contributed by atoms with Crippen LogP contribution in [-0.4, -0.2) is 11.0 Å². The molecule has 0 aliphatic heterocycles. The third-order valence-corrected chi connectivity index (χ3v) is 3.41. The fourth-order valence-corrected chi connectivity index (χ4v) is 2.14. The van der Waals surface area contributed by atoms with E-state index in [4.69, 9.17) is 5.11 Å². The molecule has 3 nitrogen and oxygen atoms in total. The second kappa shape index (κ2) is 8.70. The van der Waals surface area contributed by atoms with Gasteiger partial charge < -0.3 is 10.4 Å².